The number of hydrogen-bond donors (Lipinski definition) is 1. The van der Waals surface area contributed by atoms with Gasteiger partial charge >= 0.3 is 0 Å². The van der Waals surface area contributed by atoms with Crippen LogP contribution < -0.4 is 10.0 Å². The minimum atomic E-state index is -3.86. The van der Waals surface area contributed by atoms with E-state index < -0.39 is 14.9 Å². The molecule has 0 atom stereocenters. The molecule has 0 aromatic heterocycles. The van der Waals surface area contributed by atoms with E-state index >= 15 is 0 Å². The molecule has 122 valence electrons. The predicted molar refractivity (Wildman–Crippen MR) is 89.0 cm³/mol. The Morgan fingerprint density at radius 2 is 1.65 bits per heavy atom. The van der Waals surface area contributed by atoms with E-state index in [1.807, 2.05) is 6.92 Å². The fraction of sp³-hybridized carbons (Fsp3) is 0.200. The molecule has 0 saturated carbocycles. The van der Waals surface area contributed by atoms with E-state index in [0.717, 1.165) is 9.87 Å². The number of aryl methyl sites for hydroxylation is 2. The van der Waals surface area contributed by atoms with Crippen LogP contribution in [-0.4, -0.2) is 20.4 Å². The fourth-order valence-electron chi connectivity index (χ4n) is 2.17. The average Bonchev–Trinajstić information content (AvgIpc) is 2.48. The predicted octanol–water partition coefficient (Wildman–Crippen LogP) is 2.62. The third-order valence-corrected chi connectivity index (χ3v) is 5.28. The van der Waals surface area contributed by atoms with Crippen molar-refractivity contribution in [2.75, 3.05) is 17.1 Å². The van der Waals surface area contributed by atoms with Crippen LogP contribution >= 0.6 is 0 Å². The average molecular weight is 335 g/mol. The Hall–Kier alpha value is -2.61. The third-order valence-electron chi connectivity index (χ3n) is 3.50. The van der Waals surface area contributed by atoms with Crippen LogP contribution in [-0.2, 0) is 10.0 Å². The lowest BCUT2D eigenvalue weighted by Gasteiger charge is -2.21. The van der Waals surface area contributed by atoms with Crippen LogP contribution in [0.4, 0.5) is 17.1 Å². The summed E-state index contributed by atoms with van der Waals surface area (Å²) in [5.74, 6) is 0. The Morgan fingerprint density at radius 3 is 2.17 bits per heavy atom. The number of nitro groups is 1. The molecule has 0 amide bonds. The second kappa shape index (κ2) is 5.88. The first-order chi connectivity index (χ1) is 10.6. The molecule has 7 nitrogen and oxygen atoms in total. The van der Waals surface area contributed by atoms with Crippen LogP contribution in [0.3, 0.4) is 0 Å². The molecule has 23 heavy (non-hydrogen) atoms. The van der Waals surface area contributed by atoms with Crippen molar-refractivity contribution in [2.45, 2.75) is 18.7 Å². The van der Waals surface area contributed by atoms with Crippen molar-refractivity contribution in [1.82, 2.24) is 0 Å². The van der Waals surface area contributed by atoms with Crippen molar-refractivity contribution in [2.24, 2.45) is 0 Å². The molecule has 2 aromatic rings. The van der Waals surface area contributed by atoms with E-state index in [1.54, 1.807) is 19.1 Å². The third kappa shape index (κ3) is 3.11. The largest absolute Gasteiger partial charge is 0.391 e. The van der Waals surface area contributed by atoms with E-state index in [-0.39, 0.29) is 22.0 Å². The first-order valence-electron chi connectivity index (χ1n) is 6.74. The number of sulfonamides is 1. The Kier molecular flexibility index (Phi) is 4.28. The van der Waals surface area contributed by atoms with Crippen molar-refractivity contribution in [1.29, 1.82) is 0 Å². The van der Waals surface area contributed by atoms with Crippen LogP contribution in [0, 0.1) is 24.0 Å². The number of nitrogen functional groups attached to an aromatic ring is 1. The first-order valence-corrected chi connectivity index (χ1v) is 8.18. The number of rotatable bonds is 4. The highest BCUT2D eigenvalue weighted by atomic mass is 32.2. The van der Waals surface area contributed by atoms with E-state index in [1.165, 1.54) is 31.3 Å². The molecule has 0 saturated heterocycles. The van der Waals surface area contributed by atoms with Gasteiger partial charge < -0.3 is 5.73 Å². The van der Waals surface area contributed by atoms with Crippen molar-refractivity contribution < 1.29 is 13.3 Å². The normalized spacial score (nSPS) is 11.3. The lowest BCUT2D eigenvalue weighted by atomic mass is 10.1. The van der Waals surface area contributed by atoms with Crippen LogP contribution in [0.15, 0.2) is 41.3 Å². The second-order valence-corrected chi connectivity index (χ2v) is 7.23. The van der Waals surface area contributed by atoms with Crippen LogP contribution in [0.1, 0.15) is 11.1 Å². The van der Waals surface area contributed by atoms with E-state index in [9.17, 15) is 18.5 Å². The molecular formula is C15H17N3O4S. The lowest BCUT2D eigenvalue weighted by Crippen LogP contribution is -2.27. The number of nitro benzene ring substituents is 1. The molecule has 2 rings (SSSR count). The highest BCUT2D eigenvalue weighted by Crippen LogP contribution is 2.35. The van der Waals surface area contributed by atoms with Gasteiger partial charge in [-0.3, -0.25) is 14.4 Å². The Bertz CT molecular complexity index is 861. The zero-order valence-corrected chi connectivity index (χ0v) is 13.8. The van der Waals surface area contributed by atoms with Gasteiger partial charge in [0, 0.05) is 13.1 Å². The van der Waals surface area contributed by atoms with Crippen molar-refractivity contribution in [3.05, 3.63) is 57.6 Å². The molecular weight excluding hydrogens is 318 g/mol. The van der Waals surface area contributed by atoms with Gasteiger partial charge in [0.1, 0.15) is 5.69 Å². The smallest absolute Gasteiger partial charge is 0.294 e. The molecule has 8 heteroatoms. The maximum absolute atomic E-state index is 12.7. The van der Waals surface area contributed by atoms with E-state index in [0.29, 0.717) is 5.56 Å². The van der Waals surface area contributed by atoms with Gasteiger partial charge in [-0.15, -0.1) is 0 Å². The summed E-state index contributed by atoms with van der Waals surface area (Å²) >= 11 is 0. The zero-order chi connectivity index (χ0) is 17.4. The summed E-state index contributed by atoms with van der Waals surface area (Å²) in [5, 5.41) is 11.1. The van der Waals surface area contributed by atoms with Crippen LogP contribution in [0.2, 0.25) is 0 Å². The van der Waals surface area contributed by atoms with E-state index in [4.69, 9.17) is 5.73 Å². The molecule has 2 aromatic carbocycles. The number of benzene rings is 2. The Morgan fingerprint density at radius 1 is 1.09 bits per heavy atom. The quantitative estimate of drug-likeness (QED) is 0.525. The summed E-state index contributed by atoms with van der Waals surface area (Å²) in [6.07, 6.45) is 0. The fourth-order valence-corrected chi connectivity index (χ4v) is 3.38. The van der Waals surface area contributed by atoms with Crippen molar-refractivity contribution in [3.8, 4) is 0 Å². The van der Waals surface area contributed by atoms with Gasteiger partial charge in [-0.25, -0.2) is 8.42 Å². The zero-order valence-electron chi connectivity index (χ0n) is 13.0. The van der Waals surface area contributed by atoms with Gasteiger partial charge in [0.15, 0.2) is 0 Å². The molecule has 0 aliphatic rings. The number of anilines is 2. The second-order valence-electron chi connectivity index (χ2n) is 5.26. The maximum Gasteiger partial charge on any atom is 0.294 e. The molecule has 0 radical (unpaired) electrons. The van der Waals surface area contributed by atoms with Gasteiger partial charge in [-0.05, 0) is 37.6 Å². The molecule has 0 aliphatic heterocycles. The number of hydrogen-bond acceptors (Lipinski definition) is 5. The minimum absolute atomic E-state index is 0.0808. The van der Waals surface area contributed by atoms with Gasteiger partial charge in [0.2, 0.25) is 0 Å². The Balaban J connectivity index is 2.58. The monoisotopic (exact) mass is 335 g/mol. The SMILES string of the molecule is Cc1ccc(S(=O)(=O)N(C)c2cc(C)cc([N+](=O)[O-])c2N)cc1. The number of nitrogens with zero attached hydrogens (tertiary/aromatic N) is 2. The van der Waals surface area contributed by atoms with Crippen molar-refractivity contribution >= 4 is 27.1 Å². The number of nitrogens with two attached hydrogens (primary N) is 1. The van der Waals surface area contributed by atoms with Gasteiger partial charge in [-0.1, -0.05) is 17.7 Å². The summed E-state index contributed by atoms with van der Waals surface area (Å²) in [6.45, 7) is 3.49. The molecule has 2 N–H and O–H groups in total. The van der Waals surface area contributed by atoms with Gasteiger partial charge in [0.05, 0.1) is 15.5 Å². The van der Waals surface area contributed by atoms with E-state index in [2.05, 4.69) is 0 Å². The van der Waals surface area contributed by atoms with Gasteiger partial charge in [-0.2, -0.15) is 0 Å². The Labute approximate surface area is 134 Å². The summed E-state index contributed by atoms with van der Waals surface area (Å²) in [6, 6.07) is 9.16. The summed E-state index contributed by atoms with van der Waals surface area (Å²) < 4.78 is 26.3. The van der Waals surface area contributed by atoms with Gasteiger partial charge in [0.25, 0.3) is 15.7 Å². The van der Waals surface area contributed by atoms with Crippen molar-refractivity contribution in [3.63, 3.8) is 0 Å². The van der Waals surface area contributed by atoms with Crippen LogP contribution in [0.25, 0.3) is 0 Å². The molecule has 0 aliphatic carbocycles. The topological polar surface area (TPSA) is 107 Å². The first kappa shape index (κ1) is 16.8. The molecule has 0 spiro atoms. The van der Waals surface area contributed by atoms with Crippen LogP contribution in [0.5, 0.6) is 0 Å². The standard InChI is InChI=1S/C15H17N3O4S/c1-10-4-6-12(7-5-10)23(21,22)17(3)13-8-11(2)9-14(15(13)16)18(19)20/h4-9H,16H2,1-3H3. The summed E-state index contributed by atoms with van der Waals surface area (Å²) in [5.41, 5.74) is 6.87. The highest BCUT2D eigenvalue weighted by Gasteiger charge is 2.26. The minimum Gasteiger partial charge on any atom is -0.391 e. The summed E-state index contributed by atoms with van der Waals surface area (Å²) in [4.78, 5) is 10.5. The summed E-state index contributed by atoms with van der Waals surface area (Å²) in [7, 11) is -2.54. The molecule has 0 unspecified atom stereocenters. The molecule has 0 bridgehead atoms. The maximum atomic E-state index is 12.7. The molecule has 0 heterocycles. The molecule has 0 fully saturated rings. The lowest BCUT2D eigenvalue weighted by molar-refractivity contribution is -0.383. The highest BCUT2D eigenvalue weighted by molar-refractivity contribution is 7.92.